The first-order valence-corrected chi connectivity index (χ1v) is 6.96. The summed E-state index contributed by atoms with van der Waals surface area (Å²) in [4.78, 5) is 11.4. The molecular weight excluding hydrogens is 200 g/mol. The van der Waals surface area contributed by atoms with E-state index in [2.05, 4.69) is 6.92 Å². The molecule has 1 fully saturated rings. The normalized spacial score (nSPS) is 23.1. The highest BCUT2D eigenvalue weighted by Gasteiger charge is 2.43. The second-order valence-electron chi connectivity index (χ2n) is 4.91. The molecule has 2 nitrogen and oxygen atoms in total. The van der Waals surface area contributed by atoms with Crippen molar-refractivity contribution in [1.82, 2.24) is 0 Å². The van der Waals surface area contributed by atoms with E-state index in [0.29, 0.717) is 12.5 Å². The van der Waals surface area contributed by atoms with Crippen LogP contribution in [0.4, 0.5) is 0 Å². The first-order chi connectivity index (χ1) is 7.79. The first-order valence-electron chi connectivity index (χ1n) is 6.96. The number of ether oxygens (including phenoxy) is 1. The van der Waals surface area contributed by atoms with Crippen LogP contribution in [0.5, 0.6) is 0 Å². The highest BCUT2D eigenvalue weighted by atomic mass is 16.5. The number of hydrogen-bond donors (Lipinski definition) is 0. The van der Waals surface area contributed by atoms with Gasteiger partial charge < -0.3 is 4.74 Å². The lowest BCUT2D eigenvalue weighted by Gasteiger charge is -2.01. The lowest BCUT2D eigenvalue weighted by Crippen LogP contribution is -2.07. The Morgan fingerprint density at radius 1 is 1.12 bits per heavy atom. The third kappa shape index (κ3) is 5.00. The molecule has 1 rings (SSSR count). The van der Waals surface area contributed by atoms with E-state index in [1.807, 2.05) is 6.92 Å². The van der Waals surface area contributed by atoms with Gasteiger partial charge in [0.15, 0.2) is 0 Å². The molecule has 0 spiro atoms. The molecule has 0 unspecified atom stereocenters. The molecule has 0 aromatic heterocycles. The third-order valence-corrected chi connectivity index (χ3v) is 3.44. The fraction of sp³-hybridized carbons (Fsp3) is 0.929. The molecule has 1 saturated carbocycles. The molecule has 0 aromatic carbocycles. The van der Waals surface area contributed by atoms with Crippen LogP contribution in [0.3, 0.4) is 0 Å². The SMILES string of the molecule is CCCCCCCC[C@H]1C[C@@H]1C(=O)OCC. The Balaban J connectivity index is 1.90. The van der Waals surface area contributed by atoms with E-state index in [1.165, 1.54) is 44.9 Å². The molecule has 0 aromatic rings. The molecule has 1 aliphatic rings. The summed E-state index contributed by atoms with van der Waals surface area (Å²) in [6.45, 7) is 4.65. The molecule has 2 atom stereocenters. The van der Waals surface area contributed by atoms with Crippen molar-refractivity contribution in [2.75, 3.05) is 6.61 Å². The van der Waals surface area contributed by atoms with Crippen LogP contribution in [0.15, 0.2) is 0 Å². The minimum atomic E-state index is 0.0403. The van der Waals surface area contributed by atoms with Crippen LogP contribution in [0.1, 0.15) is 65.2 Å². The Morgan fingerprint density at radius 2 is 1.81 bits per heavy atom. The van der Waals surface area contributed by atoms with Crippen molar-refractivity contribution in [2.45, 2.75) is 65.2 Å². The molecule has 0 heterocycles. The molecule has 94 valence electrons. The Kier molecular flexibility index (Phi) is 6.51. The molecule has 1 aliphatic carbocycles. The van der Waals surface area contributed by atoms with Gasteiger partial charge in [0, 0.05) is 0 Å². The van der Waals surface area contributed by atoms with E-state index < -0.39 is 0 Å². The fourth-order valence-corrected chi connectivity index (χ4v) is 2.29. The predicted octanol–water partition coefficient (Wildman–Crippen LogP) is 3.94. The maximum atomic E-state index is 11.4. The van der Waals surface area contributed by atoms with Gasteiger partial charge in [-0.1, -0.05) is 45.4 Å². The van der Waals surface area contributed by atoms with Crippen LogP contribution in [-0.4, -0.2) is 12.6 Å². The predicted molar refractivity (Wildman–Crippen MR) is 66.2 cm³/mol. The zero-order valence-electron chi connectivity index (χ0n) is 10.8. The van der Waals surface area contributed by atoms with Crippen LogP contribution >= 0.6 is 0 Å². The monoisotopic (exact) mass is 226 g/mol. The van der Waals surface area contributed by atoms with E-state index in [4.69, 9.17) is 4.74 Å². The quantitative estimate of drug-likeness (QED) is 0.440. The van der Waals surface area contributed by atoms with E-state index in [1.54, 1.807) is 0 Å². The summed E-state index contributed by atoms with van der Waals surface area (Å²) in [6, 6.07) is 0. The number of carbonyl (C=O) groups excluding carboxylic acids is 1. The topological polar surface area (TPSA) is 26.3 Å². The summed E-state index contributed by atoms with van der Waals surface area (Å²) in [7, 11) is 0. The summed E-state index contributed by atoms with van der Waals surface area (Å²) >= 11 is 0. The van der Waals surface area contributed by atoms with Gasteiger partial charge in [-0.25, -0.2) is 0 Å². The molecule has 0 radical (unpaired) electrons. The summed E-state index contributed by atoms with van der Waals surface area (Å²) in [5.41, 5.74) is 0. The Morgan fingerprint density at radius 3 is 2.50 bits per heavy atom. The molecule has 0 N–H and O–H groups in total. The average molecular weight is 226 g/mol. The Hall–Kier alpha value is -0.530. The first kappa shape index (κ1) is 13.5. The largest absolute Gasteiger partial charge is 0.466 e. The summed E-state index contributed by atoms with van der Waals surface area (Å²) in [5.74, 6) is 0.930. The Bertz CT molecular complexity index is 201. The zero-order chi connectivity index (χ0) is 11.8. The van der Waals surface area contributed by atoms with Gasteiger partial charge in [0.2, 0.25) is 0 Å². The fourth-order valence-electron chi connectivity index (χ4n) is 2.29. The van der Waals surface area contributed by atoms with E-state index in [0.717, 1.165) is 6.42 Å². The average Bonchev–Trinajstić information content (AvgIpc) is 3.03. The number of rotatable bonds is 9. The highest BCUT2D eigenvalue weighted by molar-refractivity contribution is 5.75. The molecule has 16 heavy (non-hydrogen) atoms. The maximum Gasteiger partial charge on any atom is 0.309 e. The summed E-state index contributed by atoms with van der Waals surface area (Å²) in [5, 5.41) is 0. The van der Waals surface area contributed by atoms with Gasteiger partial charge in [0.05, 0.1) is 12.5 Å². The van der Waals surface area contributed by atoms with Crippen molar-refractivity contribution < 1.29 is 9.53 Å². The van der Waals surface area contributed by atoms with Crippen LogP contribution in [-0.2, 0) is 9.53 Å². The van der Waals surface area contributed by atoms with Crippen LogP contribution in [0, 0.1) is 11.8 Å². The maximum absolute atomic E-state index is 11.4. The molecule has 0 bridgehead atoms. The van der Waals surface area contributed by atoms with Gasteiger partial charge in [0.25, 0.3) is 0 Å². The number of esters is 1. The second kappa shape index (κ2) is 7.70. The standard InChI is InChI=1S/C14H26O2/c1-3-5-6-7-8-9-10-12-11-13(12)14(15)16-4-2/h12-13H,3-11H2,1-2H3/t12-,13-/m0/s1. The van der Waals surface area contributed by atoms with Gasteiger partial charge in [0.1, 0.15) is 0 Å². The minimum Gasteiger partial charge on any atom is -0.466 e. The number of carbonyl (C=O) groups is 1. The number of hydrogen-bond acceptors (Lipinski definition) is 2. The van der Waals surface area contributed by atoms with Crippen molar-refractivity contribution in [3.63, 3.8) is 0 Å². The van der Waals surface area contributed by atoms with Gasteiger partial charge in [-0.05, 0) is 25.7 Å². The van der Waals surface area contributed by atoms with E-state index in [-0.39, 0.29) is 11.9 Å². The zero-order valence-corrected chi connectivity index (χ0v) is 10.8. The van der Waals surface area contributed by atoms with Crippen LogP contribution in [0.25, 0.3) is 0 Å². The van der Waals surface area contributed by atoms with Crippen LogP contribution in [0.2, 0.25) is 0 Å². The summed E-state index contributed by atoms with van der Waals surface area (Å²) in [6.07, 6.45) is 10.4. The molecule has 0 amide bonds. The number of unbranched alkanes of at least 4 members (excludes halogenated alkanes) is 5. The van der Waals surface area contributed by atoms with Gasteiger partial charge >= 0.3 is 5.97 Å². The smallest absolute Gasteiger partial charge is 0.309 e. The van der Waals surface area contributed by atoms with Gasteiger partial charge in [-0.3, -0.25) is 4.79 Å². The van der Waals surface area contributed by atoms with Crippen molar-refractivity contribution in [1.29, 1.82) is 0 Å². The van der Waals surface area contributed by atoms with Gasteiger partial charge in [-0.15, -0.1) is 0 Å². The third-order valence-electron chi connectivity index (χ3n) is 3.44. The highest BCUT2D eigenvalue weighted by Crippen LogP contribution is 2.43. The molecule has 0 saturated heterocycles. The van der Waals surface area contributed by atoms with Crippen molar-refractivity contribution >= 4 is 5.97 Å². The summed E-state index contributed by atoms with van der Waals surface area (Å²) < 4.78 is 5.02. The second-order valence-corrected chi connectivity index (χ2v) is 4.91. The molecule has 0 aliphatic heterocycles. The van der Waals surface area contributed by atoms with Gasteiger partial charge in [-0.2, -0.15) is 0 Å². The van der Waals surface area contributed by atoms with Crippen molar-refractivity contribution in [3.8, 4) is 0 Å². The van der Waals surface area contributed by atoms with Crippen LogP contribution < -0.4 is 0 Å². The van der Waals surface area contributed by atoms with Crippen molar-refractivity contribution in [2.24, 2.45) is 11.8 Å². The minimum absolute atomic E-state index is 0.0403. The van der Waals surface area contributed by atoms with E-state index >= 15 is 0 Å². The lowest BCUT2D eigenvalue weighted by atomic mass is 10.1. The van der Waals surface area contributed by atoms with E-state index in [9.17, 15) is 4.79 Å². The Labute approximate surface area is 99.8 Å². The van der Waals surface area contributed by atoms with Crippen molar-refractivity contribution in [3.05, 3.63) is 0 Å². The lowest BCUT2D eigenvalue weighted by molar-refractivity contribution is -0.145. The molecule has 2 heteroatoms. The molecular formula is C14H26O2.